The lowest BCUT2D eigenvalue weighted by molar-refractivity contribution is -0.190. The molecule has 5 rings (SSSR count). The molecule has 3 heterocycles. The van der Waals surface area contributed by atoms with Gasteiger partial charge in [-0.3, -0.25) is 9.59 Å². The topological polar surface area (TPSA) is 62.4 Å². The van der Waals surface area contributed by atoms with E-state index in [1.807, 2.05) is 17.9 Å². The number of fused-ring (bicyclic) bond motifs is 3. The van der Waals surface area contributed by atoms with Crippen molar-refractivity contribution in [3.05, 3.63) is 35.5 Å². The standard InChI is InChI=1S/C22H26N2O3/c1-2-27-20(26)21-11-5-6-12-22(21)19-16(10-14-24(22)18(25)9-13-21)15-7-3-4-8-17(15)23-19/h3-4,7-8,23H,2,5-6,9-14H2,1H3/t21-,22+/m0/s1. The van der Waals surface area contributed by atoms with Crippen molar-refractivity contribution in [1.82, 2.24) is 9.88 Å². The summed E-state index contributed by atoms with van der Waals surface area (Å²) in [5.41, 5.74) is 2.26. The number of nitrogens with zero attached hydrogens (tertiary/aromatic N) is 1. The van der Waals surface area contributed by atoms with Gasteiger partial charge in [0.2, 0.25) is 5.91 Å². The number of hydrogen-bond donors (Lipinski definition) is 1. The highest BCUT2D eigenvalue weighted by Crippen LogP contribution is 2.61. The number of esters is 1. The highest BCUT2D eigenvalue weighted by atomic mass is 16.5. The summed E-state index contributed by atoms with van der Waals surface area (Å²) in [7, 11) is 0. The normalized spacial score (nSPS) is 29.8. The molecule has 1 aromatic carbocycles. The second-order valence-electron chi connectivity index (χ2n) is 8.19. The molecule has 27 heavy (non-hydrogen) atoms. The SMILES string of the molecule is CCOC(=O)[C@@]12CCCC[C@@]13c1[nH]c4ccccc4c1CCN3C(=O)CC2. The van der Waals surface area contributed by atoms with Gasteiger partial charge < -0.3 is 14.6 Å². The van der Waals surface area contributed by atoms with E-state index in [4.69, 9.17) is 4.74 Å². The van der Waals surface area contributed by atoms with Crippen LogP contribution in [-0.2, 0) is 26.3 Å². The van der Waals surface area contributed by atoms with Gasteiger partial charge in [-0.2, -0.15) is 0 Å². The van der Waals surface area contributed by atoms with Crippen molar-refractivity contribution in [2.45, 2.75) is 57.4 Å². The number of aromatic nitrogens is 1. The fourth-order valence-corrected chi connectivity index (χ4v) is 6.14. The average Bonchev–Trinajstić information content (AvgIpc) is 3.08. The molecule has 1 amide bonds. The maximum atomic E-state index is 13.4. The Morgan fingerprint density at radius 3 is 2.85 bits per heavy atom. The average molecular weight is 366 g/mol. The summed E-state index contributed by atoms with van der Waals surface area (Å²) < 4.78 is 5.62. The fraction of sp³-hybridized carbons (Fsp3) is 0.545. The fourth-order valence-electron chi connectivity index (χ4n) is 6.14. The Labute approximate surface area is 159 Å². The summed E-state index contributed by atoms with van der Waals surface area (Å²) in [5.74, 6) is 0.0647. The number of carbonyl (C=O) groups is 2. The minimum absolute atomic E-state index is 0.117. The zero-order valence-electron chi connectivity index (χ0n) is 15.8. The number of amides is 1. The number of H-pyrrole nitrogens is 1. The zero-order valence-corrected chi connectivity index (χ0v) is 15.8. The molecule has 2 atom stereocenters. The van der Waals surface area contributed by atoms with E-state index in [9.17, 15) is 9.59 Å². The Morgan fingerprint density at radius 2 is 2.00 bits per heavy atom. The van der Waals surface area contributed by atoms with Gasteiger partial charge >= 0.3 is 5.97 Å². The first-order valence-corrected chi connectivity index (χ1v) is 10.2. The number of piperidine rings is 1. The van der Waals surface area contributed by atoms with Crippen molar-refractivity contribution < 1.29 is 14.3 Å². The number of ether oxygens (including phenoxy) is 1. The van der Waals surface area contributed by atoms with Crippen LogP contribution < -0.4 is 0 Å². The number of nitrogens with one attached hydrogen (secondary N) is 1. The molecule has 2 fully saturated rings. The molecule has 142 valence electrons. The molecule has 5 nitrogen and oxygen atoms in total. The largest absolute Gasteiger partial charge is 0.465 e. The van der Waals surface area contributed by atoms with Crippen LogP contribution in [0.15, 0.2) is 24.3 Å². The number of hydrogen-bond acceptors (Lipinski definition) is 3. The third-order valence-corrected chi connectivity index (χ3v) is 7.19. The molecule has 1 N–H and O–H groups in total. The Morgan fingerprint density at radius 1 is 1.19 bits per heavy atom. The van der Waals surface area contributed by atoms with Crippen LogP contribution in [0.2, 0.25) is 0 Å². The third kappa shape index (κ3) is 2.00. The molecule has 0 radical (unpaired) electrons. The zero-order chi connectivity index (χ0) is 18.6. The van der Waals surface area contributed by atoms with Gasteiger partial charge in [0.05, 0.1) is 17.6 Å². The van der Waals surface area contributed by atoms with Gasteiger partial charge in [-0.25, -0.2) is 0 Å². The van der Waals surface area contributed by atoms with Crippen molar-refractivity contribution in [3.63, 3.8) is 0 Å². The van der Waals surface area contributed by atoms with Crippen molar-refractivity contribution in [2.75, 3.05) is 13.2 Å². The van der Waals surface area contributed by atoms with Crippen LogP contribution >= 0.6 is 0 Å². The molecule has 2 aliphatic heterocycles. The third-order valence-electron chi connectivity index (χ3n) is 7.19. The van der Waals surface area contributed by atoms with E-state index in [1.165, 1.54) is 10.9 Å². The van der Waals surface area contributed by atoms with Crippen LogP contribution in [0.4, 0.5) is 0 Å². The molecule has 0 unspecified atom stereocenters. The lowest BCUT2D eigenvalue weighted by Gasteiger charge is -2.61. The molecular weight excluding hydrogens is 340 g/mol. The van der Waals surface area contributed by atoms with Gasteiger partial charge in [0, 0.05) is 29.6 Å². The van der Waals surface area contributed by atoms with E-state index in [2.05, 4.69) is 23.2 Å². The van der Waals surface area contributed by atoms with Crippen LogP contribution in [0.1, 0.15) is 56.7 Å². The maximum Gasteiger partial charge on any atom is 0.314 e. The van der Waals surface area contributed by atoms with Gasteiger partial charge in [0.25, 0.3) is 0 Å². The maximum absolute atomic E-state index is 13.4. The number of benzene rings is 1. The molecule has 2 aromatic rings. The van der Waals surface area contributed by atoms with E-state index >= 15 is 0 Å². The molecular formula is C22H26N2O3. The van der Waals surface area contributed by atoms with Gasteiger partial charge in [-0.15, -0.1) is 0 Å². The van der Waals surface area contributed by atoms with Crippen LogP contribution in [0.3, 0.4) is 0 Å². The van der Waals surface area contributed by atoms with E-state index in [-0.39, 0.29) is 11.9 Å². The molecule has 1 saturated carbocycles. The number of carbonyl (C=O) groups excluding carboxylic acids is 2. The van der Waals surface area contributed by atoms with Crippen LogP contribution in [0.5, 0.6) is 0 Å². The molecule has 1 aliphatic carbocycles. The first kappa shape index (κ1) is 16.8. The summed E-state index contributed by atoms with van der Waals surface area (Å²) in [5, 5.41) is 1.22. The van der Waals surface area contributed by atoms with Crippen molar-refractivity contribution in [3.8, 4) is 0 Å². The van der Waals surface area contributed by atoms with E-state index in [1.54, 1.807) is 0 Å². The number of para-hydroxylation sites is 1. The predicted molar refractivity (Wildman–Crippen MR) is 102 cm³/mol. The lowest BCUT2D eigenvalue weighted by atomic mass is 9.53. The lowest BCUT2D eigenvalue weighted by Crippen LogP contribution is -2.68. The highest BCUT2D eigenvalue weighted by molar-refractivity contribution is 5.90. The Kier molecular flexibility index (Phi) is 3.65. The van der Waals surface area contributed by atoms with Crippen molar-refractivity contribution in [1.29, 1.82) is 0 Å². The van der Waals surface area contributed by atoms with E-state index in [0.29, 0.717) is 26.0 Å². The summed E-state index contributed by atoms with van der Waals surface area (Å²) in [6.45, 7) is 2.93. The summed E-state index contributed by atoms with van der Waals surface area (Å²) >= 11 is 0. The van der Waals surface area contributed by atoms with Gasteiger partial charge in [0.15, 0.2) is 0 Å². The Hall–Kier alpha value is -2.30. The monoisotopic (exact) mass is 366 g/mol. The molecule has 0 bridgehead atoms. The summed E-state index contributed by atoms with van der Waals surface area (Å²) in [4.78, 5) is 32.0. The van der Waals surface area contributed by atoms with E-state index < -0.39 is 11.0 Å². The van der Waals surface area contributed by atoms with E-state index in [0.717, 1.165) is 43.3 Å². The summed E-state index contributed by atoms with van der Waals surface area (Å²) in [6, 6.07) is 8.34. The van der Waals surface area contributed by atoms with Gasteiger partial charge in [-0.05, 0) is 44.2 Å². The highest BCUT2D eigenvalue weighted by Gasteiger charge is 2.67. The second kappa shape index (κ2) is 5.85. The smallest absolute Gasteiger partial charge is 0.314 e. The van der Waals surface area contributed by atoms with Crippen LogP contribution in [0.25, 0.3) is 10.9 Å². The minimum Gasteiger partial charge on any atom is -0.465 e. The van der Waals surface area contributed by atoms with Gasteiger partial charge in [-0.1, -0.05) is 31.0 Å². The Bertz CT molecular complexity index is 933. The molecule has 1 spiro atoms. The number of aromatic amines is 1. The molecule has 3 aliphatic rings. The molecule has 5 heteroatoms. The van der Waals surface area contributed by atoms with Crippen LogP contribution in [0, 0.1) is 5.41 Å². The first-order chi connectivity index (χ1) is 13.1. The van der Waals surface area contributed by atoms with Crippen molar-refractivity contribution >= 4 is 22.8 Å². The molecule has 1 aromatic heterocycles. The quantitative estimate of drug-likeness (QED) is 0.825. The molecule has 1 saturated heterocycles. The second-order valence-corrected chi connectivity index (χ2v) is 8.19. The van der Waals surface area contributed by atoms with Crippen molar-refractivity contribution in [2.24, 2.45) is 5.41 Å². The van der Waals surface area contributed by atoms with Gasteiger partial charge in [0.1, 0.15) is 0 Å². The number of rotatable bonds is 2. The predicted octanol–water partition coefficient (Wildman–Crippen LogP) is 3.67. The van der Waals surface area contributed by atoms with Crippen LogP contribution in [-0.4, -0.2) is 34.9 Å². The first-order valence-electron chi connectivity index (χ1n) is 10.2. The minimum atomic E-state index is -0.634. The Balaban J connectivity index is 1.80. The summed E-state index contributed by atoms with van der Waals surface area (Å²) in [6.07, 6.45) is 5.54.